The molecule has 0 amide bonds. The molecule has 0 radical (unpaired) electrons. The van der Waals surface area contributed by atoms with Crippen LogP contribution in [-0.4, -0.2) is 36.3 Å². The van der Waals surface area contributed by atoms with Gasteiger partial charge in [0.15, 0.2) is 0 Å². The Morgan fingerprint density at radius 3 is 2.85 bits per heavy atom. The third-order valence-electron chi connectivity index (χ3n) is 10.6. The molecule has 1 N–H and O–H groups in total. The molecule has 172 valence electrons. The molecular weight excluding hydrogens is 404 g/mol. The lowest BCUT2D eigenvalue weighted by molar-refractivity contribution is -0.887. The van der Waals surface area contributed by atoms with Gasteiger partial charge in [-0.15, -0.1) is 0 Å². The summed E-state index contributed by atoms with van der Waals surface area (Å²) in [6.07, 6.45) is 19.0. The summed E-state index contributed by atoms with van der Waals surface area (Å²) < 4.78 is 7.43. The predicted octanol–water partition coefficient (Wildman–Crippen LogP) is 4.99. The van der Waals surface area contributed by atoms with E-state index in [1.807, 2.05) is 12.4 Å². The molecule has 3 unspecified atom stereocenters. The van der Waals surface area contributed by atoms with Crippen molar-refractivity contribution in [3.63, 3.8) is 0 Å². The van der Waals surface area contributed by atoms with Crippen molar-refractivity contribution in [3.8, 4) is 0 Å². The monoisotopic (exact) mass is 441 g/mol. The van der Waals surface area contributed by atoms with Gasteiger partial charge in [-0.3, -0.25) is 4.98 Å². The van der Waals surface area contributed by atoms with Crippen LogP contribution in [-0.2, 0) is 4.74 Å². The van der Waals surface area contributed by atoms with Crippen molar-refractivity contribution in [1.29, 1.82) is 0 Å². The van der Waals surface area contributed by atoms with Crippen LogP contribution in [0.15, 0.2) is 60.0 Å². The third kappa shape index (κ3) is 2.67. The highest BCUT2D eigenvalue weighted by atomic mass is 16.5. The lowest BCUT2D eigenvalue weighted by atomic mass is 9.58. The average molecular weight is 442 g/mol. The Morgan fingerprint density at radius 1 is 1.06 bits per heavy atom. The number of hydrogen-bond donors (Lipinski definition) is 1. The molecule has 7 rings (SSSR count). The Kier molecular flexibility index (Phi) is 4.20. The van der Waals surface area contributed by atoms with Gasteiger partial charge >= 0.3 is 0 Å². The number of nitrogens with one attached hydrogen (secondary N) is 1. The summed E-state index contributed by atoms with van der Waals surface area (Å²) >= 11 is 0. The number of rotatable bonds is 2. The van der Waals surface area contributed by atoms with E-state index in [4.69, 9.17) is 4.74 Å². The van der Waals surface area contributed by atoms with Gasteiger partial charge in [0.05, 0.1) is 31.3 Å². The Bertz CT molecular complexity index is 1200. The van der Waals surface area contributed by atoms with Gasteiger partial charge in [-0.25, -0.2) is 0 Å². The summed E-state index contributed by atoms with van der Waals surface area (Å²) in [5.74, 6) is 1.21. The molecule has 2 spiro atoms. The summed E-state index contributed by atoms with van der Waals surface area (Å²) in [7, 11) is 4.65. The van der Waals surface area contributed by atoms with Crippen LogP contribution < -0.4 is 4.90 Å². The minimum atomic E-state index is -0.0484. The molecule has 1 saturated heterocycles. The molecule has 3 heterocycles. The molecule has 5 aliphatic rings. The summed E-state index contributed by atoms with van der Waals surface area (Å²) in [4.78, 5) is 5.97. The first-order valence-electron chi connectivity index (χ1n) is 13.2. The molecule has 3 fully saturated rings. The van der Waals surface area contributed by atoms with E-state index in [0.717, 1.165) is 6.04 Å². The second-order valence-corrected chi connectivity index (χ2v) is 12.2. The van der Waals surface area contributed by atoms with Crippen molar-refractivity contribution in [2.24, 2.45) is 11.3 Å². The molecule has 1 aromatic carbocycles. The van der Waals surface area contributed by atoms with Crippen LogP contribution in [0.3, 0.4) is 0 Å². The number of aromatic nitrogens is 1. The highest BCUT2D eigenvalue weighted by Gasteiger charge is 2.66. The minimum Gasteiger partial charge on any atom is -0.359 e. The number of allylic oxidation sites excluding steroid dienone is 1. The van der Waals surface area contributed by atoms with E-state index in [1.54, 1.807) is 10.5 Å². The van der Waals surface area contributed by atoms with Crippen LogP contribution >= 0.6 is 0 Å². The molecule has 2 aliphatic heterocycles. The first kappa shape index (κ1) is 20.4. The molecule has 33 heavy (non-hydrogen) atoms. The second-order valence-electron chi connectivity index (χ2n) is 12.2. The number of nitrogens with zero attached hydrogens (tertiary/aromatic N) is 1. The molecule has 3 heteroatoms. The predicted molar refractivity (Wildman–Crippen MR) is 132 cm³/mol. The first-order valence-corrected chi connectivity index (χ1v) is 13.2. The normalized spacial score (nSPS) is 41.4. The van der Waals surface area contributed by atoms with E-state index in [2.05, 4.69) is 62.4 Å². The number of hydrogen-bond acceptors (Lipinski definition) is 2. The zero-order valence-electron chi connectivity index (χ0n) is 20.4. The minimum absolute atomic E-state index is 0.0164. The number of benzene rings is 1. The van der Waals surface area contributed by atoms with E-state index in [9.17, 15) is 0 Å². The van der Waals surface area contributed by atoms with Gasteiger partial charge in [-0.2, -0.15) is 0 Å². The quantitative estimate of drug-likeness (QED) is 0.711. The van der Waals surface area contributed by atoms with Crippen molar-refractivity contribution in [2.45, 2.75) is 81.5 Å². The van der Waals surface area contributed by atoms with Gasteiger partial charge in [0.25, 0.3) is 0 Å². The van der Waals surface area contributed by atoms with Crippen LogP contribution in [0, 0.1) is 11.3 Å². The molecule has 3 aliphatic carbocycles. The SMILES string of the molecule is C[NH+](C)C1CCC2=CC3=CCC4(C)C(c5ccc6ccncc6c5)CC[C@H]4[C@@]34CC[C@]2(C1)O4. The lowest BCUT2D eigenvalue weighted by Gasteiger charge is -2.54. The van der Waals surface area contributed by atoms with Crippen molar-refractivity contribution < 1.29 is 9.64 Å². The molecule has 1 aromatic heterocycles. The van der Waals surface area contributed by atoms with E-state index in [0.29, 0.717) is 11.8 Å². The third-order valence-corrected chi connectivity index (χ3v) is 10.6. The molecular formula is C30H37N2O+. The highest BCUT2D eigenvalue weighted by molar-refractivity contribution is 5.82. The smallest absolute Gasteiger partial charge is 0.0975 e. The van der Waals surface area contributed by atoms with Gasteiger partial charge in [-0.05, 0) is 90.0 Å². The Labute approximate surface area is 197 Å². The van der Waals surface area contributed by atoms with Crippen molar-refractivity contribution >= 4 is 10.8 Å². The van der Waals surface area contributed by atoms with E-state index in [-0.39, 0.29) is 16.6 Å². The lowest BCUT2D eigenvalue weighted by Crippen LogP contribution is -3.10. The Hall–Kier alpha value is -1.97. The average Bonchev–Trinajstić information content (AvgIpc) is 3.33. The number of quaternary nitrogens is 1. The maximum atomic E-state index is 7.43. The number of pyridine rings is 1. The molecule has 3 nitrogen and oxygen atoms in total. The summed E-state index contributed by atoms with van der Waals surface area (Å²) in [6, 6.07) is 9.95. The maximum absolute atomic E-state index is 7.43. The van der Waals surface area contributed by atoms with Crippen LogP contribution in [0.2, 0.25) is 0 Å². The molecule has 2 bridgehead atoms. The molecule has 6 atom stereocenters. The van der Waals surface area contributed by atoms with Gasteiger partial charge in [0.1, 0.15) is 0 Å². The van der Waals surface area contributed by atoms with Gasteiger partial charge in [0, 0.05) is 30.6 Å². The number of ether oxygens (including phenoxy) is 1. The van der Waals surface area contributed by atoms with Crippen LogP contribution in [0.4, 0.5) is 0 Å². The zero-order valence-corrected chi connectivity index (χ0v) is 20.4. The summed E-state index contributed by atoms with van der Waals surface area (Å²) in [5.41, 5.74) is 4.88. The van der Waals surface area contributed by atoms with E-state index >= 15 is 0 Å². The van der Waals surface area contributed by atoms with E-state index < -0.39 is 0 Å². The van der Waals surface area contributed by atoms with Crippen molar-refractivity contribution in [3.05, 3.63) is 65.5 Å². The second kappa shape index (κ2) is 6.79. The van der Waals surface area contributed by atoms with Crippen LogP contribution in [0.5, 0.6) is 0 Å². The van der Waals surface area contributed by atoms with E-state index in [1.165, 1.54) is 73.3 Å². The van der Waals surface area contributed by atoms with Gasteiger partial charge in [-0.1, -0.05) is 31.2 Å². The van der Waals surface area contributed by atoms with Gasteiger partial charge < -0.3 is 9.64 Å². The number of fused-ring (bicyclic) bond motifs is 2. The molecule has 2 saturated carbocycles. The fourth-order valence-corrected chi connectivity index (χ4v) is 8.77. The maximum Gasteiger partial charge on any atom is 0.0975 e. The largest absolute Gasteiger partial charge is 0.359 e. The standard InChI is InChI=1S/C30H36N2O/c1-28-12-10-24-17-23-6-7-25(32(2)3)18-29(23)13-14-30(24,33-29)27(28)9-8-26(28)21-5-4-20-11-15-31-19-22(20)16-21/h4-5,10-11,15-17,19,25-27H,6-9,12-14,18H2,1-3H3/p+1/t25?,26?,27-,28?,29-,30-/m1/s1. The van der Waals surface area contributed by atoms with Gasteiger partial charge in [0.2, 0.25) is 0 Å². The van der Waals surface area contributed by atoms with Crippen LogP contribution in [0.1, 0.15) is 69.8 Å². The topological polar surface area (TPSA) is 26.6 Å². The zero-order chi connectivity index (χ0) is 22.4. The summed E-state index contributed by atoms with van der Waals surface area (Å²) in [5, 5.41) is 2.56. The molecule has 2 aromatic rings. The van der Waals surface area contributed by atoms with Crippen LogP contribution in [0.25, 0.3) is 10.8 Å². The Morgan fingerprint density at radius 2 is 1.97 bits per heavy atom. The summed E-state index contributed by atoms with van der Waals surface area (Å²) in [6.45, 7) is 2.58. The van der Waals surface area contributed by atoms with Crippen molar-refractivity contribution in [2.75, 3.05) is 14.1 Å². The first-order chi connectivity index (χ1) is 15.9. The fraction of sp³-hybridized carbons (Fsp3) is 0.567. The highest BCUT2D eigenvalue weighted by Crippen LogP contribution is 2.69. The Balaban J connectivity index is 1.28. The fourth-order valence-electron chi connectivity index (χ4n) is 8.77. The van der Waals surface area contributed by atoms with Crippen molar-refractivity contribution in [1.82, 2.24) is 4.98 Å².